The number of H-pyrrole nitrogens is 1. The molecule has 0 saturated heterocycles. The molecule has 1 aromatic heterocycles. The quantitative estimate of drug-likeness (QED) is 0.444. The Bertz CT molecular complexity index is 971. The van der Waals surface area contributed by atoms with E-state index in [0.29, 0.717) is 5.92 Å². The molecule has 1 unspecified atom stereocenters. The maximum Gasteiger partial charge on any atom is 0.127 e. The van der Waals surface area contributed by atoms with Gasteiger partial charge in [0.25, 0.3) is 0 Å². The van der Waals surface area contributed by atoms with Gasteiger partial charge in [0.2, 0.25) is 0 Å². The zero-order valence-electron chi connectivity index (χ0n) is 14.3. The molecule has 2 heteroatoms. The molecule has 4 aromatic rings. The first-order valence-electron chi connectivity index (χ1n) is 8.74. The van der Waals surface area contributed by atoms with E-state index in [-0.39, 0.29) is 0 Å². The van der Waals surface area contributed by atoms with E-state index in [1.54, 1.807) is 0 Å². The van der Waals surface area contributed by atoms with Crippen molar-refractivity contribution in [2.45, 2.75) is 19.3 Å². The summed E-state index contributed by atoms with van der Waals surface area (Å²) in [6.07, 6.45) is 3.18. The van der Waals surface area contributed by atoms with Crippen molar-refractivity contribution in [2.24, 2.45) is 0 Å². The summed E-state index contributed by atoms with van der Waals surface area (Å²) in [7, 11) is 0. The van der Waals surface area contributed by atoms with Gasteiger partial charge < -0.3 is 9.72 Å². The van der Waals surface area contributed by atoms with Gasteiger partial charge in [-0.25, -0.2) is 0 Å². The third-order valence-electron chi connectivity index (χ3n) is 4.64. The van der Waals surface area contributed by atoms with E-state index in [2.05, 4.69) is 60.6 Å². The van der Waals surface area contributed by atoms with Crippen LogP contribution in [0.2, 0.25) is 0 Å². The first-order chi connectivity index (χ1) is 12.3. The predicted molar refractivity (Wildman–Crippen MR) is 103 cm³/mol. The molecule has 0 bridgehead atoms. The van der Waals surface area contributed by atoms with E-state index in [0.717, 1.165) is 17.9 Å². The number of aromatic amines is 1. The Morgan fingerprint density at radius 2 is 1.60 bits per heavy atom. The van der Waals surface area contributed by atoms with Crippen LogP contribution in [0, 0.1) is 0 Å². The highest BCUT2D eigenvalue weighted by Crippen LogP contribution is 2.35. The molecule has 1 N–H and O–H groups in total. The van der Waals surface area contributed by atoms with Gasteiger partial charge >= 0.3 is 0 Å². The van der Waals surface area contributed by atoms with Crippen LogP contribution in [0.3, 0.4) is 0 Å². The minimum absolute atomic E-state index is 0.343. The Kier molecular flexibility index (Phi) is 4.26. The molecule has 0 saturated carbocycles. The van der Waals surface area contributed by atoms with Gasteiger partial charge in [0.1, 0.15) is 11.5 Å². The van der Waals surface area contributed by atoms with Gasteiger partial charge in [-0.2, -0.15) is 0 Å². The topological polar surface area (TPSA) is 25.0 Å². The molecule has 0 aliphatic carbocycles. The minimum Gasteiger partial charge on any atom is -0.457 e. The first-order valence-corrected chi connectivity index (χ1v) is 8.74. The number of ether oxygens (including phenoxy) is 1. The molecule has 1 heterocycles. The number of para-hydroxylation sites is 2. The lowest BCUT2D eigenvalue weighted by Crippen LogP contribution is -1.99. The maximum atomic E-state index is 6.01. The van der Waals surface area contributed by atoms with Crippen molar-refractivity contribution in [3.8, 4) is 11.5 Å². The van der Waals surface area contributed by atoms with E-state index in [4.69, 9.17) is 4.74 Å². The van der Waals surface area contributed by atoms with Gasteiger partial charge in [-0.1, -0.05) is 55.5 Å². The number of aromatic nitrogens is 1. The molecular weight excluding hydrogens is 306 g/mol. The van der Waals surface area contributed by atoms with Gasteiger partial charge in [-0.05, 0) is 47.9 Å². The Labute approximate surface area is 148 Å². The van der Waals surface area contributed by atoms with Crippen molar-refractivity contribution in [1.82, 2.24) is 4.98 Å². The zero-order chi connectivity index (χ0) is 17.1. The van der Waals surface area contributed by atoms with Crippen molar-refractivity contribution in [3.05, 3.63) is 96.2 Å². The Balaban J connectivity index is 1.69. The van der Waals surface area contributed by atoms with Gasteiger partial charge in [-0.3, -0.25) is 0 Å². The van der Waals surface area contributed by atoms with Crippen molar-refractivity contribution in [1.29, 1.82) is 0 Å². The largest absolute Gasteiger partial charge is 0.457 e. The van der Waals surface area contributed by atoms with Crippen LogP contribution in [0.5, 0.6) is 11.5 Å². The molecule has 124 valence electrons. The lowest BCUT2D eigenvalue weighted by Gasteiger charge is -2.16. The summed E-state index contributed by atoms with van der Waals surface area (Å²) < 4.78 is 6.01. The van der Waals surface area contributed by atoms with Crippen LogP contribution in [0.1, 0.15) is 30.4 Å². The van der Waals surface area contributed by atoms with Gasteiger partial charge in [0.15, 0.2) is 0 Å². The van der Waals surface area contributed by atoms with Gasteiger partial charge in [0, 0.05) is 23.0 Å². The standard InChI is InChI=1S/C23H21NO/c1-2-20(22-16-24-23-14-7-6-13-21(22)23)17-9-8-12-19(15-17)25-18-10-4-3-5-11-18/h3-16,20,24H,2H2,1H3. The molecule has 0 fully saturated rings. The smallest absolute Gasteiger partial charge is 0.127 e. The lowest BCUT2D eigenvalue weighted by molar-refractivity contribution is 0.481. The molecule has 3 aromatic carbocycles. The predicted octanol–water partition coefficient (Wildman–Crippen LogP) is 6.50. The summed E-state index contributed by atoms with van der Waals surface area (Å²) in [5.74, 6) is 2.08. The van der Waals surface area contributed by atoms with Crippen LogP contribution in [0.15, 0.2) is 85.1 Å². The van der Waals surface area contributed by atoms with Crippen molar-refractivity contribution < 1.29 is 4.74 Å². The number of fused-ring (bicyclic) bond motifs is 1. The number of hydrogen-bond donors (Lipinski definition) is 1. The van der Waals surface area contributed by atoms with Crippen LogP contribution >= 0.6 is 0 Å². The van der Waals surface area contributed by atoms with Crippen LogP contribution < -0.4 is 4.74 Å². The molecule has 0 amide bonds. The van der Waals surface area contributed by atoms with E-state index >= 15 is 0 Å². The van der Waals surface area contributed by atoms with Crippen molar-refractivity contribution >= 4 is 10.9 Å². The maximum absolute atomic E-state index is 6.01. The summed E-state index contributed by atoms with van der Waals surface area (Å²) in [6, 6.07) is 26.8. The molecule has 2 nitrogen and oxygen atoms in total. The molecule has 0 aliphatic heterocycles. The second-order valence-corrected chi connectivity index (χ2v) is 6.24. The molecule has 1 atom stereocenters. The van der Waals surface area contributed by atoms with Gasteiger partial charge in [-0.15, -0.1) is 0 Å². The summed E-state index contributed by atoms with van der Waals surface area (Å²) in [4.78, 5) is 3.40. The summed E-state index contributed by atoms with van der Waals surface area (Å²) in [5, 5.41) is 1.30. The third kappa shape index (κ3) is 3.16. The Morgan fingerprint density at radius 1 is 0.840 bits per heavy atom. The molecule has 25 heavy (non-hydrogen) atoms. The number of rotatable bonds is 5. The minimum atomic E-state index is 0.343. The molecule has 0 aliphatic rings. The molecular formula is C23H21NO. The molecule has 0 spiro atoms. The van der Waals surface area contributed by atoms with E-state index in [1.807, 2.05) is 36.4 Å². The van der Waals surface area contributed by atoms with Crippen molar-refractivity contribution in [3.63, 3.8) is 0 Å². The highest BCUT2D eigenvalue weighted by atomic mass is 16.5. The fourth-order valence-corrected chi connectivity index (χ4v) is 3.44. The third-order valence-corrected chi connectivity index (χ3v) is 4.64. The summed E-state index contributed by atoms with van der Waals surface area (Å²) in [6.45, 7) is 2.23. The SMILES string of the molecule is CCC(c1cccc(Oc2ccccc2)c1)c1c[nH]c2ccccc12. The van der Waals surface area contributed by atoms with Crippen LogP contribution in [-0.2, 0) is 0 Å². The average Bonchev–Trinajstić information content (AvgIpc) is 3.08. The monoisotopic (exact) mass is 327 g/mol. The normalized spacial score (nSPS) is 12.2. The Hall–Kier alpha value is -3.00. The summed E-state index contributed by atoms with van der Waals surface area (Å²) >= 11 is 0. The first kappa shape index (κ1) is 15.5. The van der Waals surface area contributed by atoms with Crippen LogP contribution in [-0.4, -0.2) is 4.98 Å². The van der Waals surface area contributed by atoms with E-state index in [1.165, 1.54) is 22.0 Å². The van der Waals surface area contributed by atoms with Crippen molar-refractivity contribution in [2.75, 3.05) is 0 Å². The van der Waals surface area contributed by atoms with E-state index in [9.17, 15) is 0 Å². The second kappa shape index (κ2) is 6.86. The van der Waals surface area contributed by atoms with Gasteiger partial charge in [0.05, 0.1) is 0 Å². The number of nitrogens with one attached hydrogen (secondary N) is 1. The van der Waals surface area contributed by atoms with Crippen LogP contribution in [0.25, 0.3) is 10.9 Å². The number of benzene rings is 3. The fraction of sp³-hybridized carbons (Fsp3) is 0.130. The average molecular weight is 327 g/mol. The summed E-state index contributed by atoms with van der Waals surface area (Å²) in [5.41, 5.74) is 3.81. The zero-order valence-corrected chi connectivity index (χ0v) is 14.3. The second-order valence-electron chi connectivity index (χ2n) is 6.24. The lowest BCUT2D eigenvalue weighted by atomic mass is 9.89. The van der Waals surface area contributed by atoms with Crippen LogP contribution in [0.4, 0.5) is 0 Å². The molecule has 0 radical (unpaired) electrons. The molecule has 4 rings (SSSR count). The Morgan fingerprint density at radius 3 is 2.44 bits per heavy atom. The van der Waals surface area contributed by atoms with E-state index < -0.39 is 0 Å². The number of hydrogen-bond acceptors (Lipinski definition) is 1. The highest BCUT2D eigenvalue weighted by Gasteiger charge is 2.16. The fourth-order valence-electron chi connectivity index (χ4n) is 3.44. The highest BCUT2D eigenvalue weighted by molar-refractivity contribution is 5.84.